The van der Waals surface area contributed by atoms with Crippen LogP contribution < -0.4 is 19.6 Å². The van der Waals surface area contributed by atoms with E-state index in [4.69, 9.17) is 4.42 Å². The zero-order valence-electron chi connectivity index (χ0n) is 62.1. The Bertz CT molecular complexity index is 6250. The van der Waals surface area contributed by atoms with Crippen molar-refractivity contribution in [2.24, 2.45) is 0 Å². The van der Waals surface area contributed by atoms with Crippen molar-refractivity contribution in [2.45, 2.75) is 10.8 Å². The number of nitrogens with zero attached hydrogens (tertiary/aromatic N) is 4. The van der Waals surface area contributed by atoms with Crippen LogP contribution in [0.25, 0.3) is 55.0 Å². The van der Waals surface area contributed by atoms with Gasteiger partial charge in [0.1, 0.15) is 11.2 Å². The number of hydrogen-bond donors (Lipinski definition) is 0. The van der Waals surface area contributed by atoms with E-state index in [2.05, 4.69) is 481 Å². The first-order chi connectivity index (χ1) is 56.1. The molecule has 21 rings (SSSR count). The van der Waals surface area contributed by atoms with E-state index in [-0.39, 0.29) is 0 Å². The molecule has 1 heterocycles. The first-order valence-corrected chi connectivity index (χ1v) is 38.8. The molecule has 5 heteroatoms. The average Bonchev–Trinajstić information content (AvgIpc) is 1.51. The van der Waals surface area contributed by atoms with Crippen molar-refractivity contribution in [3.63, 3.8) is 0 Å². The molecule has 19 aromatic rings. The highest BCUT2D eigenvalue weighted by atomic mass is 16.3. The number of fused-ring (bicyclic) bond motifs is 11. The molecule has 0 bridgehead atoms. The molecule has 0 fully saturated rings. The van der Waals surface area contributed by atoms with Crippen molar-refractivity contribution in [3.05, 3.63) is 506 Å². The quantitative estimate of drug-likeness (QED) is 0.0961. The van der Waals surface area contributed by atoms with Crippen LogP contribution in [0, 0.1) is 0 Å². The first-order valence-electron chi connectivity index (χ1n) is 38.8. The van der Waals surface area contributed by atoms with Gasteiger partial charge < -0.3 is 24.0 Å². The van der Waals surface area contributed by atoms with Gasteiger partial charge in [-0.3, -0.25) is 0 Å². The molecule has 113 heavy (non-hydrogen) atoms. The van der Waals surface area contributed by atoms with Gasteiger partial charge >= 0.3 is 0 Å². The molecule has 2 unspecified atom stereocenters. The summed E-state index contributed by atoms with van der Waals surface area (Å²) in [5.41, 5.74) is 28.1. The van der Waals surface area contributed by atoms with Crippen LogP contribution in [0.2, 0.25) is 0 Å². The minimum atomic E-state index is -0.705. The molecule has 18 aromatic carbocycles. The van der Waals surface area contributed by atoms with Gasteiger partial charge in [0.2, 0.25) is 0 Å². The Kier molecular flexibility index (Phi) is 17.3. The minimum absolute atomic E-state index is 0.625. The van der Waals surface area contributed by atoms with Crippen LogP contribution in [-0.2, 0) is 10.8 Å². The van der Waals surface area contributed by atoms with Gasteiger partial charge in [-0.1, -0.05) is 309 Å². The second-order valence-electron chi connectivity index (χ2n) is 29.0. The van der Waals surface area contributed by atoms with E-state index in [1.165, 1.54) is 66.4 Å². The van der Waals surface area contributed by atoms with Crippen molar-refractivity contribution >= 4 is 101 Å². The summed E-state index contributed by atoms with van der Waals surface area (Å²) in [7, 11) is 0. The zero-order valence-corrected chi connectivity index (χ0v) is 62.1. The maximum absolute atomic E-state index is 6.86. The Hall–Kier alpha value is -14.8. The fourth-order valence-electron chi connectivity index (χ4n) is 18.0. The second kappa shape index (κ2) is 29.0. The molecule has 0 saturated carbocycles. The van der Waals surface area contributed by atoms with E-state index in [0.717, 1.165) is 101 Å². The molecule has 0 amide bonds. The lowest BCUT2D eigenvalue weighted by atomic mass is 9.67. The third-order valence-corrected chi connectivity index (χ3v) is 22.7. The first kappa shape index (κ1) is 67.6. The van der Waals surface area contributed by atoms with Gasteiger partial charge in [0.15, 0.2) is 0 Å². The Morgan fingerprint density at radius 3 is 0.867 bits per heavy atom. The summed E-state index contributed by atoms with van der Waals surface area (Å²) >= 11 is 0. The molecular formula is C108H76N4O. The lowest BCUT2D eigenvalue weighted by Crippen LogP contribution is -2.29. The Balaban J connectivity index is 0.000000147. The fraction of sp³-hybridized carbons (Fsp3) is 0.0185. The van der Waals surface area contributed by atoms with Crippen LogP contribution in [0.15, 0.2) is 465 Å². The number of anilines is 12. The molecule has 0 N–H and O–H groups in total. The molecule has 534 valence electrons. The number of hydrogen-bond acceptors (Lipinski definition) is 5. The summed E-state index contributed by atoms with van der Waals surface area (Å²) < 4.78 is 6.86. The monoisotopic (exact) mass is 1440 g/mol. The molecule has 0 radical (unpaired) electrons. The summed E-state index contributed by atoms with van der Waals surface area (Å²) in [5.74, 6) is 0. The highest BCUT2D eigenvalue weighted by molar-refractivity contribution is 6.12. The van der Waals surface area contributed by atoms with E-state index in [1.807, 2.05) is 0 Å². The van der Waals surface area contributed by atoms with Crippen molar-refractivity contribution in [3.8, 4) is 22.3 Å². The second-order valence-corrected chi connectivity index (χ2v) is 29.0. The summed E-state index contributed by atoms with van der Waals surface area (Å²) in [6.45, 7) is 0. The minimum Gasteiger partial charge on any atom is -0.455 e. The van der Waals surface area contributed by atoms with Crippen LogP contribution in [0.4, 0.5) is 68.2 Å². The van der Waals surface area contributed by atoms with Gasteiger partial charge in [0, 0.05) is 84.6 Å². The number of para-hydroxylation sites is 9. The van der Waals surface area contributed by atoms with Crippen LogP contribution in [0.3, 0.4) is 0 Å². The summed E-state index contributed by atoms with van der Waals surface area (Å²) in [6.07, 6.45) is 0. The van der Waals surface area contributed by atoms with Crippen molar-refractivity contribution in [1.29, 1.82) is 0 Å². The van der Waals surface area contributed by atoms with Gasteiger partial charge in [0.25, 0.3) is 0 Å². The average molecular weight is 1450 g/mol. The number of benzene rings is 18. The number of rotatable bonds is 16. The van der Waals surface area contributed by atoms with Gasteiger partial charge in [-0.25, -0.2) is 0 Å². The third kappa shape index (κ3) is 11.7. The molecule has 0 aliphatic heterocycles. The lowest BCUT2D eigenvalue weighted by molar-refractivity contribution is 0.669. The van der Waals surface area contributed by atoms with Crippen LogP contribution >= 0.6 is 0 Å². The van der Waals surface area contributed by atoms with Crippen molar-refractivity contribution < 1.29 is 4.42 Å². The molecule has 0 spiro atoms. The molecule has 2 aliphatic carbocycles. The molecular weight excluding hydrogens is 1370 g/mol. The van der Waals surface area contributed by atoms with Crippen LogP contribution in [-0.4, -0.2) is 0 Å². The largest absolute Gasteiger partial charge is 0.455 e. The van der Waals surface area contributed by atoms with Crippen LogP contribution in [0.5, 0.6) is 0 Å². The van der Waals surface area contributed by atoms with Crippen molar-refractivity contribution in [1.82, 2.24) is 0 Å². The van der Waals surface area contributed by atoms with Gasteiger partial charge in [-0.15, -0.1) is 0 Å². The predicted molar refractivity (Wildman–Crippen MR) is 471 cm³/mol. The van der Waals surface area contributed by atoms with E-state index in [0.29, 0.717) is 0 Å². The van der Waals surface area contributed by atoms with Gasteiger partial charge in [0.05, 0.1) is 10.8 Å². The van der Waals surface area contributed by atoms with Gasteiger partial charge in [-0.2, -0.15) is 0 Å². The Labute approximate surface area is 659 Å². The molecule has 0 saturated heterocycles. The normalized spacial score (nSPS) is 14.3. The molecule has 5 nitrogen and oxygen atoms in total. The zero-order chi connectivity index (χ0) is 75.1. The summed E-state index contributed by atoms with van der Waals surface area (Å²) in [4.78, 5) is 9.54. The summed E-state index contributed by atoms with van der Waals surface area (Å²) in [5, 5.41) is 4.73. The molecule has 2 aliphatic rings. The van der Waals surface area contributed by atoms with Crippen LogP contribution in [0.1, 0.15) is 44.5 Å². The van der Waals surface area contributed by atoms with E-state index >= 15 is 0 Å². The SMILES string of the molecule is c1ccc(N(c2ccccc2)c2cc(N(c3ccccc3)c3ccccc3)cc(C3(c4ccccc4)c4ccccc4-c4c3ccc3c4oc4ccccc43)c2)cc1.c1ccc(N(c2ccccc2)c2cc(N(c3ccccc3)c3ccccc3)cc(C3(c4ccccc4)c4ccccc4-c4cc5ccccc5cc43)c2)cc1. The maximum Gasteiger partial charge on any atom is 0.143 e. The smallest absolute Gasteiger partial charge is 0.143 e. The highest BCUT2D eigenvalue weighted by Gasteiger charge is 2.49. The maximum atomic E-state index is 6.86. The molecule has 1 aromatic heterocycles. The predicted octanol–water partition coefficient (Wildman–Crippen LogP) is 29.0. The topological polar surface area (TPSA) is 26.1 Å². The lowest BCUT2D eigenvalue weighted by Gasteiger charge is -2.37. The fourth-order valence-corrected chi connectivity index (χ4v) is 18.0. The Morgan fingerprint density at radius 2 is 0.478 bits per heavy atom. The van der Waals surface area contributed by atoms with Crippen molar-refractivity contribution in [2.75, 3.05) is 19.6 Å². The van der Waals surface area contributed by atoms with E-state index in [9.17, 15) is 0 Å². The standard InChI is InChI=1S/C55H38N2O.C53H38N2/c1-6-20-39(21-7-1)55(50-32-18-16-31-49(50)53-51(55)35-34-48-47-30-17-19-33-52(47)58-54(48)53)40-36-45(56(41-22-8-2-9-23-41)42-24-10-3-11-25-42)38-46(37-40)57(43-26-12-4-13-27-43)44-28-14-5-15-29-44;1-6-22-41(23-7-1)53(51-33-19-18-32-49(51)50-34-39-20-16-17-21-40(39)35-52(50)53)42-36-47(54(43-24-8-2-9-25-43)44-26-10-3-11-27-44)38-48(37-42)55(45-28-12-4-13-29-45)46-30-14-5-15-31-46/h1-38H;1-38H. The third-order valence-electron chi connectivity index (χ3n) is 22.7. The van der Waals surface area contributed by atoms with E-state index < -0.39 is 10.8 Å². The highest BCUT2D eigenvalue weighted by Crippen LogP contribution is 2.62. The molecule has 2 atom stereocenters. The van der Waals surface area contributed by atoms with E-state index in [1.54, 1.807) is 0 Å². The number of furan rings is 1. The van der Waals surface area contributed by atoms with Gasteiger partial charge in [-0.05, 0) is 224 Å². The summed E-state index contributed by atoms with van der Waals surface area (Å²) in [6, 6.07) is 167. The Morgan fingerprint density at radius 1 is 0.177 bits per heavy atom.